The highest BCUT2D eigenvalue weighted by atomic mass is 31.2. The molecule has 0 aromatic carbocycles. The van der Waals surface area contributed by atoms with Crippen molar-refractivity contribution >= 4 is 15.2 Å². The van der Waals surface area contributed by atoms with Crippen molar-refractivity contribution in [3.63, 3.8) is 0 Å². The van der Waals surface area contributed by atoms with Gasteiger partial charge in [0.25, 0.3) is 0 Å². The molecule has 0 atom stereocenters. The summed E-state index contributed by atoms with van der Waals surface area (Å²) in [5, 5.41) is 0. The third-order valence-corrected chi connectivity index (χ3v) is 6.32. The molecular formula is C16H37NO6P2. The molecule has 0 spiro atoms. The average molecular weight is 401 g/mol. The summed E-state index contributed by atoms with van der Waals surface area (Å²) in [6.45, 7) is 2.23. The van der Waals surface area contributed by atoms with E-state index in [0.29, 0.717) is 25.7 Å². The number of hydrogen-bond donors (Lipinski definition) is 5. The van der Waals surface area contributed by atoms with Crippen LogP contribution in [0.15, 0.2) is 0 Å². The minimum atomic E-state index is -3.87. The molecule has 0 aromatic heterocycles. The molecule has 0 aliphatic heterocycles. The fraction of sp³-hybridized carbons (Fsp3) is 1.00. The van der Waals surface area contributed by atoms with Gasteiger partial charge in [0.1, 0.15) is 0 Å². The first-order valence-electron chi connectivity index (χ1n) is 9.35. The summed E-state index contributed by atoms with van der Waals surface area (Å²) in [6, 6.07) is 0. The van der Waals surface area contributed by atoms with Crippen LogP contribution in [0.1, 0.15) is 84.0 Å². The lowest BCUT2D eigenvalue weighted by molar-refractivity contribution is 0.370. The minimum absolute atomic E-state index is 0.106. The van der Waals surface area contributed by atoms with Crippen molar-refractivity contribution in [3.05, 3.63) is 0 Å². The lowest BCUT2D eigenvalue weighted by atomic mass is 9.92. The normalized spacial score (nSPS) is 17.2. The van der Waals surface area contributed by atoms with Gasteiger partial charge in [0.05, 0.1) is 0 Å². The fourth-order valence-electron chi connectivity index (χ4n) is 3.02. The smallest absolute Gasteiger partial charge is 0.325 e. The zero-order valence-corrected chi connectivity index (χ0v) is 17.3. The van der Waals surface area contributed by atoms with Gasteiger partial charge in [-0.15, -0.1) is 0 Å². The summed E-state index contributed by atoms with van der Waals surface area (Å²) in [5.74, 6) is 0. The molecule has 1 aliphatic carbocycles. The van der Waals surface area contributed by atoms with Crippen LogP contribution in [0.3, 0.4) is 0 Å². The highest BCUT2D eigenvalue weighted by molar-refractivity contribution is 7.52. The molecule has 25 heavy (non-hydrogen) atoms. The van der Waals surface area contributed by atoms with Crippen molar-refractivity contribution in [2.45, 2.75) is 89.5 Å². The summed E-state index contributed by atoms with van der Waals surface area (Å²) in [5.41, 5.74) is 6.39. The van der Waals surface area contributed by atoms with Gasteiger partial charge >= 0.3 is 15.2 Å². The Labute approximate surface area is 152 Å². The van der Waals surface area contributed by atoms with Gasteiger partial charge in [-0.2, -0.15) is 0 Å². The van der Waals surface area contributed by atoms with E-state index in [9.17, 15) is 9.13 Å². The maximum atomic E-state index is 10.4. The predicted molar refractivity (Wildman–Crippen MR) is 102 cm³/mol. The van der Waals surface area contributed by atoms with Crippen LogP contribution in [0.4, 0.5) is 0 Å². The van der Waals surface area contributed by atoms with Gasteiger partial charge in [0.15, 0.2) is 0 Å². The number of rotatable bonds is 11. The largest absolute Gasteiger partial charge is 0.325 e. The Morgan fingerprint density at radius 3 is 1.56 bits per heavy atom. The summed E-state index contributed by atoms with van der Waals surface area (Å²) < 4.78 is 20.9. The second kappa shape index (κ2) is 12.6. The predicted octanol–water partition coefficient (Wildman–Crippen LogP) is 3.74. The van der Waals surface area contributed by atoms with Crippen LogP contribution >= 0.6 is 15.2 Å². The molecule has 0 unspecified atom stereocenters. The van der Waals surface area contributed by atoms with Gasteiger partial charge in [-0.05, 0) is 32.1 Å². The third kappa shape index (κ3) is 17.4. The average Bonchev–Trinajstić information content (AvgIpc) is 2.90. The van der Waals surface area contributed by atoms with Gasteiger partial charge in [0, 0.05) is 17.9 Å². The summed E-state index contributed by atoms with van der Waals surface area (Å²) >= 11 is 0. The number of unbranched alkanes of at least 4 members (excludes halogenated alkanes) is 5. The summed E-state index contributed by atoms with van der Waals surface area (Å²) in [4.78, 5) is 34.1. The van der Waals surface area contributed by atoms with Crippen molar-refractivity contribution in [1.29, 1.82) is 0 Å². The molecule has 0 bridgehead atoms. The Morgan fingerprint density at radius 2 is 1.20 bits per heavy atom. The third-order valence-electron chi connectivity index (χ3n) is 4.53. The van der Waals surface area contributed by atoms with Crippen molar-refractivity contribution < 1.29 is 28.7 Å². The zero-order chi connectivity index (χ0) is 19.4. The van der Waals surface area contributed by atoms with E-state index < -0.39 is 15.2 Å². The molecule has 0 amide bonds. The molecule has 0 heterocycles. The van der Waals surface area contributed by atoms with E-state index in [4.69, 9.17) is 25.3 Å². The molecule has 1 saturated carbocycles. The van der Waals surface area contributed by atoms with Crippen LogP contribution in [0.2, 0.25) is 0 Å². The Morgan fingerprint density at radius 1 is 0.800 bits per heavy atom. The molecule has 1 aliphatic rings. The van der Waals surface area contributed by atoms with Crippen LogP contribution in [0.5, 0.6) is 0 Å². The second-order valence-corrected chi connectivity index (χ2v) is 10.8. The van der Waals surface area contributed by atoms with Crippen molar-refractivity contribution in [1.82, 2.24) is 0 Å². The van der Waals surface area contributed by atoms with Crippen molar-refractivity contribution in [3.8, 4) is 0 Å². The number of hydrogen-bond acceptors (Lipinski definition) is 3. The maximum absolute atomic E-state index is 10.4. The Hall–Kier alpha value is 0.260. The lowest BCUT2D eigenvalue weighted by Crippen LogP contribution is -2.35. The summed E-state index contributed by atoms with van der Waals surface area (Å²) in [6.07, 6.45) is 12.0. The first-order valence-corrected chi connectivity index (χ1v) is 12.9. The molecule has 9 heteroatoms. The van der Waals surface area contributed by atoms with E-state index in [0.717, 1.165) is 6.42 Å². The molecule has 1 rings (SSSR count). The Kier molecular flexibility index (Phi) is 12.7. The van der Waals surface area contributed by atoms with Gasteiger partial charge in [-0.1, -0.05) is 51.9 Å². The van der Waals surface area contributed by atoms with Gasteiger partial charge in [0.2, 0.25) is 0 Å². The van der Waals surface area contributed by atoms with E-state index in [1.54, 1.807) is 0 Å². The van der Waals surface area contributed by atoms with Crippen LogP contribution in [-0.2, 0) is 9.13 Å². The highest BCUT2D eigenvalue weighted by Crippen LogP contribution is 2.37. The van der Waals surface area contributed by atoms with Crippen LogP contribution in [-0.4, -0.2) is 37.4 Å². The second-order valence-electron chi connectivity index (χ2n) is 7.22. The summed E-state index contributed by atoms with van der Waals surface area (Å²) in [7, 11) is -7.74. The van der Waals surface area contributed by atoms with E-state index in [-0.39, 0.29) is 17.9 Å². The van der Waals surface area contributed by atoms with E-state index >= 15 is 0 Å². The van der Waals surface area contributed by atoms with Crippen LogP contribution in [0, 0.1) is 0 Å². The first kappa shape index (κ1) is 25.3. The van der Waals surface area contributed by atoms with Crippen molar-refractivity contribution in [2.75, 3.05) is 12.3 Å². The standard InChI is InChI=1S/C9H19N.C7H18O6P2/c1-2-3-6-9(10)7-4-5-8-9;8-14(9,10)6-4-2-1-3-5-7-15(11,12)13/h2-8,10H2,1H3;1-7H2,(H2,8,9,10)(H2,11,12,13). The van der Waals surface area contributed by atoms with Crippen molar-refractivity contribution in [2.24, 2.45) is 5.73 Å². The van der Waals surface area contributed by atoms with E-state index in [1.807, 2.05) is 0 Å². The molecule has 0 radical (unpaired) electrons. The highest BCUT2D eigenvalue weighted by Gasteiger charge is 2.27. The van der Waals surface area contributed by atoms with Crippen LogP contribution in [0.25, 0.3) is 0 Å². The monoisotopic (exact) mass is 401 g/mol. The molecule has 0 aromatic rings. The fourth-order valence-corrected chi connectivity index (χ4v) is 4.29. The van der Waals surface area contributed by atoms with E-state index in [1.165, 1.54) is 44.9 Å². The van der Waals surface area contributed by atoms with Gasteiger partial charge in [-0.25, -0.2) is 0 Å². The SMILES string of the molecule is CCCCC1(N)CCCC1.O=P(O)(O)CCCCCCCP(=O)(O)O. The van der Waals surface area contributed by atoms with Crippen LogP contribution < -0.4 is 5.73 Å². The quantitative estimate of drug-likeness (QED) is 0.262. The first-order chi connectivity index (χ1) is 11.5. The maximum Gasteiger partial charge on any atom is 0.325 e. The Balaban J connectivity index is 0.000000496. The topological polar surface area (TPSA) is 141 Å². The van der Waals surface area contributed by atoms with Gasteiger partial charge in [-0.3, -0.25) is 9.13 Å². The molecule has 6 N–H and O–H groups in total. The molecule has 152 valence electrons. The number of nitrogens with two attached hydrogens (primary N) is 1. The zero-order valence-electron chi connectivity index (χ0n) is 15.5. The molecule has 7 nitrogen and oxygen atoms in total. The van der Waals surface area contributed by atoms with E-state index in [2.05, 4.69) is 6.92 Å². The lowest BCUT2D eigenvalue weighted by Gasteiger charge is -2.22. The molecule has 0 saturated heterocycles. The van der Waals surface area contributed by atoms with Gasteiger partial charge < -0.3 is 25.3 Å². The molecule has 1 fully saturated rings. The molecular weight excluding hydrogens is 364 g/mol. The minimum Gasteiger partial charge on any atom is -0.325 e. The Bertz CT molecular complexity index is 402.